The molecule has 142 valence electrons. The number of halogens is 1. The van der Waals surface area contributed by atoms with Crippen molar-refractivity contribution >= 4 is 5.82 Å². The maximum atomic E-state index is 13.4. The Kier molecular flexibility index (Phi) is 4.53. The van der Waals surface area contributed by atoms with E-state index in [1.165, 1.54) is 44.6 Å². The van der Waals surface area contributed by atoms with E-state index in [0.717, 1.165) is 42.3 Å². The summed E-state index contributed by atoms with van der Waals surface area (Å²) in [4.78, 5) is 2.63. The van der Waals surface area contributed by atoms with Gasteiger partial charge in [0.1, 0.15) is 11.6 Å². The number of likely N-dealkylation sites (tertiary alicyclic amines) is 1. The SMILES string of the molecule is Fc1cccc(-c2ccc(N[C@H]3[C@@H]4CN(CC5CCOCC5)C[C@@H]43)nn2)c1. The standard InChI is InChI=1S/C21H25FN4O/c22-16-3-1-2-15(10-16)19-4-5-20(25-24-19)23-21-17-12-26(13-18(17)21)11-14-6-8-27-9-7-14/h1-5,10,14,17-18,21H,6-9,11-13H2,(H,23,25)/t17-,18+,21+. The number of nitrogens with zero attached hydrogens (tertiary/aromatic N) is 3. The van der Waals surface area contributed by atoms with E-state index >= 15 is 0 Å². The zero-order valence-corrected chi connectivity index (χ0v) is 15.4. The summed E-state index contributed by atoms with van der Waals surface area (Å²) < 4.78 is 18.8. The first-order valence-corrected chi connectivity index (χ1v) is 9.92. The van der Waals surface area contributed by atoms with Gasteiger partial charge in [0.15, 0.2) is 0 Å². The molecular formula is C21H25FN4O. The molecule has 2 saturated heterocycles. The van der Waals surface area contributed by atoms with Gasteiger partial charge in [0.05, 0.1) is 5.69 Å². The van der Waals surface area contributed by atoms with E-state index in [2.05, 4.69) is 20.4 Å². The minimum absolute atomic E-state index is 0.257. The van der Waals surface area contributed by atoms with Crippen LogP contribution in [0, 0.1) is 23.6 Å². The predicted molar refractivity (Wildman–Crippen MR) is 102 cm³/mol. The second-order valence-corrected chi connectivity index (χ2v) is 8.09. The highest BCUT2D eigenvalue weighted by atomic mass is 19.1. The fourth-order valence-electron chi connectivity index (χ4n) is 4.65. The van der Waals surface area contributed by atoms with Gasteiger partial charge in [-0.25, -0.2) is 4.39 Å². The van der Waals surface area contributed by atoms with E-state index in [-0.39, 0.29) is 5.82 Å². The van der Waals surface area contributed by atoms with E-state index in [0.29, 0.717) is 11.7 Å². The minimum atomic E-state index is -0.257. The lowest BCUT2D eigenvalue weighted by molar-refractivity contribution is 0.0540. The van der Waals surface area contributed by atoms with E-state index in [9.17, 15) is 4.39 Å². The van der Waals surface area contributed by atoms with Crippen LogP contribution in [0.25, 0.3) is 11.3 Å². The van der Waals surface area contributed by atoms with Gasteiger partial charge in [0, 0.05) is 44.5 Å². The molecular weight excluding hydrogens is 343 g/mol. The molecule has 2 aromatic rings. The first kappa shape index (κ1) is 17.1. The average Bonchev–Trinajstić information content (AvgIpc) is 3.13. The number of benzene rings is 1. The molecule has 3 atom stereocenters. The number of piperidine rings is 1. The van der Waals surface area contributed by atoms with Gasteiger partial charge in [-0.1, -0.05) is 12.1 Å². The van der Waals surface area contributed by atoms with E-state index in [4.69, 9.17) is 4.74 Å². The van der Waals surface area contributed by atoms with Crippen LogP contribution in [-0.2, 0) is 4.74 Å². The molecule has 1 aromatic carbocycles. The van der Waals surface area contributed by atoms with Crippen molar-refractivity contribution in [2.24, 2.45) is 17.8 Å². The monoisotopic (exact) mass is 368 g/mol. The Morgan fingerprint density at radius 3 is 2.59 bits per heavy atom. The minimum Gasteiger partial charge on any atom is -0.381 e. The Balaban J connectivity index is 1.13. The Morgan fingerprint density at radius 2 is 1.89 bits per heavy atom. The maximum absolute atomic E-state index is 13.4. The number of aromatic nitrogens is 2. The van der Waals surface area contributed by atoms with Crippen LogP contribution in [0.1, 0.15) is 12.8 Å². The third-order valence-electron chi connectivity index (χ3n) is 6.23. The predicted octanol–water partition coefficient (Wildman–Crippen LogP) is 3.05. The molecule has 0 bridgehead atoms. The zero-order valence-electron chi connectivity index (χ0n) is 15.4. The third-order valence-corrected chi connectivity index (χ3v) is 6.23. The number of anilines is 1. The fraction of sp³-hybridized carbons (Fsp3) is 0.524. The molecule has 3 aliphatic rings. The lowest BCUT2D eigenvalue weighted by atomic mass is 10.00. The highest BCUT2D eigenvalue weighted by Gasteiger charge is 2.55. The topological polar surface area (TPSA) is 50.3 Å². The van der Waals surface area contributed by atoms with Crippen molar-refractivity contribution in [1.29, 1.82) is 0 Å². The van der Waals surface area contributed by atoms with Crippen LogP contribution in [0.2, 0.25) is 0 Å². The van der Waals surface area contributed by atoms with Crippen LogP contribution in [0.5, 0.6) is 0 Å². The zero-order chi connectivity index (χ0) is 18.2. The van der Waals surface area contributed by atoms with Crippen LogP contribution in [0.3, 0.4) is 0 Å². The molecule has 1 N–H and O–H groups in total. The van der Waals surface area contributed by atoms with Crippen molar-refractivity contribution in [3.8, 4) is 11.3 Å². The number of fused-ring (bicyclic) bond motifs is 1. The van der Waals surface area contributed by atoms with Crippen LogP contribution in [-0.4, -0.2) is 54.0 Å². The number of hydrogen-bond donors (Lipinski definition) is 1. The highest BCUT2D eigenvalue weighted by molar-refractivity contribution is 5.59. The summed E-state index contributed by atoms with van der Waals surface area (Å²) in [5.74, 6) is 2.83. The van der Waals surface area contributed by atoms with Crippen LogP contribution in [0.4, 0.5) is 10.2 Å². The molecule has 0 amide bonds. The summed E-state index contributed by atoms with van der Waals surface area (Å²) in [6.45, 7) is 5.47. The fourth-order valence-corrected chi connectivity index (χ4v) is 4.65. The Labute approximate surface area is 158 Å². The average molecular weight is 368 g/mol. The summed E-state index contributed by atoms with van der Waals surface area (Å²) in [5.41, 5.74) is 1.44. The molecule has 1 aromatic heterocycles. The van der Waals surface area contributed by atoms with Crippen LogP contribution >= 0.6 is 0 Å². The second kappa shape index (κ2) is 7.17. The van der Waals surface area contributed by atoms with Gasteiger partial charge in [-0.05, 0) is 54.9 Å². The van der Waals surface area contributed by atoms with Crippen molar-refractivity contribution in [2.75, 3.05) is 38.2 Å². The van der Waals surface area contributed by atoms with E-state index in [1.54, 1.807) is 6.07 Å². The molecule has 0 radical (unpaired) electrons. The molecule has 5 rings (SSSR count). The molecule has 0 spiro atoms. The Morgan fingerprint density at radius 1 is 1.07 bits per heavy atom. The van der Waals surface area contributed by atoms with Crippen molar-refractivity contribution < 1.29 is 9.13 Å². The number of rotatable bonds is 5. The summed E-state index contributed by atoms with van der Waals surface area (Å²) in [7, 11) is 0. The van der Waals surface area contributed by atoms with Crippen molar-refractivity contribution in [3.63, 3.8) is 0 Å². The van der Waals surface area contributed by atoms with Crippen LogP contribution < -0.4 is 5.32 Å². The summed E-state index contributed by atoms with van der Waals surface area (Å²) in [6.07, 6.45) is 2.42. The maximum Gasteiger partial charge on any atom is 0.148 e. The molecule has 0 unspecified atom stereocenters. The van der Waals surface area contributed by atoms with Gasteiger partial charge < -0.3 is 15.0 Å². The van der Waals surface area contributed by atoms with Gasteiger partial charge >= 0.3 is 0 Å². The van der Waals surface area contributed by atoms with Gasteiger partial charge in [-0.3, -0.25) is 0 Å². The quantitative estimate of drug-likeness (QED) is 0.879. The van der Waals surface area contributed by atoms with Crippen molar-refractivity contribution in [3.05, 3.63) is 42.2 Å². The third kappa shape index (κ3) is 3.69. The summed E-state index contributed by atoms with van der Waals surface area (Å²) >= 11 is 0. The summed E-state index contributed by atoms with van der Waals surface area (Å²) in [6, 6.07) is 10.8. The number of hydrogen-bond acceptors (Lipinski definition) is 5. The van der Waals surface area contributed by atoms with E-state index < -0.39 is 0 Å². The first-order chi connectivity index (χ1) is 13.3. The number of ether oxygens (including phenoxy) is 1. The molecule has 27 heavy (non-hydrogen) atoms. The lowest BCUT2D eigenvalue weighted by Crippen LogP contribution is -2.34. The lowest BCUT2D eigenvalue weighted by Gasteiger charge is -2.28. The van der Waals surface area contributed by atoms with Gasteiger partial charge in [0.2, 0.25) is 0 Å². The molecule has 2 aliphatic heterocycles. The van der Waals surface area contributed by atoms with Crippen molar-refractivity contribution in [2.45, 2.75) is 18.9 Å². The number of nitrogens with one attached hydrogen (secondary N) is 1. The van der Waals surface area contributed by atoms with Crippen LogP contribution in [0.15, 0.2) is 36.4 Å². The van der Waals surface area contributed by atoms with Gasteiger partial charge in [0.25, 0.3) is 0 Å². The largest absolute Gasteiger partial charge is 0.381 e. The summed E-state index contributed by atoms with van der Waals surface area (Å²) in [5, 5.41) is 12.1. The van der Waals surface area contributed by atoms with E-state index in [1.807, 2.05) is 18.2 Å². The smallest absolute Gasteiger partial charge is 0.148 e. The molecule has 6 heteroatoms. The van der Waals surface area contributed by atoms with Crippen molar-refractivity contribution in [1.82, 2.24) is 15.1 Å². The highest BCUT2D eigenvalue weighted by Crippen LogP contribution is 2.47. The normalized spacial score (nSPS) is 28.1. The molecule has 3 fully saturated rings. The molecule has 1 aliphatic carbocycles. The van der Waals surface area contributed by atoms with Gasteiger partial charge in [-0.2, -0.15) is 0 Å². The molecule has 3 heterocycles. The second-order valence-electron chi connectivity index (χ2n) is 8.09. The van der Waals surface area contributed by atoms with Gasteiger partial charge in [-0.15, -0.1) is 10.2 Å². The molecule has 5 nitrogen and oxygen atoms in total. The first-order valence-electron chi connectivity index (χ1n) is 9.92. The Hall–Kier alpha value is -2.05. The molecule has 1 saturated carbocycles. The Bertz CT molecular complexity index is 781.